The highest BCUT2D eigenvalue weighted by atomic mass is 32.1. The van der Waals surface area contributed by atoms with Crippen molar-refractivity contribution in [3.63, 3.8) is 0 Å². The topological polar surface area (TPSA) is 41.1 Å². The Kier molecular flexibility index (Phi) is 4.73. The number of aromatic nitrogens is 2. The Morgan fingerprint density at radius 3 is 2.75 bits per heavy atom. The summed E-state index contributed by atoms with van der Waals surface area (Å²) in [6.45, 7) is 8.20. The fourth-order valence-electron chi connectivity index (χ4n) is 1.74. The standard InChI is InChI=1S/C15H22N4S/c1-15(2,3)18-10-13-9-17-14(20-13)19(4)11-12-6-5-7-16-8-12/h5-9,18H,10-11H2,1-4H3. The fraction of sp³-hybridized carbons (Fsp3) is 0.467. The summed E-state index contributed by atoms with van der Waals surface area (Å²) in [5, 5.41) is 4.52. The van der Waals surface area contributed by atoms with Gasteiger partial charge in [0, 0.05) is 49.1 Å². The predicted octanol–water partition coefficient (Wildman–Crippen LogP) is 3.06. The number of nitrogens with zero attached hydrogens (tertiary/aromatic N) is 3. The molecule has 0 saturated heterocycles. The summed E-state index contributed by atoms with van der Waals surface area (Å²) in [5.74, 6) is 0. The lowest BCUT2D eigenvalue weighted by Crippen LogP contribution is -2.34. The van der Waals surface area contributed by atoms with E-state index in [-0.39, 0.29) is 5.54 Å². The van der Waals surface area contributed by atoms with Gasteiger partial charge in [-0.1, -0.05) is 6.07 Å². The summed E-state index contributed by atoms with van der Waals surface area (Å²) >= 11 is 1.73. The molecule has 0 spiro atoms. The highest BCUT2D eigenvalue weighted by molar-refractivity contribution is 7.15. The molecular formula is C15H22N4S. The van der Waals surface area contributed by atoms with Crippen molar-refractivity contribution >= 4 is 16.5 Å². The van der Waals surface area contributed by atoms with E-state index < -0.39 is 0 Å². The number of hydrogen-bond donors (Lipinski definition) is 1. The molecule has 0 fully saturated rings. The molecule has 0 bridgehead atoms. The smallest absolute Gasteiger partial charge is 0.185 e. The summed E-state index contributed by atoms with van der Waals surface area (Å²) in [6.07, 6.45) is 5.65. The van der Waals surface area contributed by atoms with E-state index in [1.165, 1.54) is 10.4 Å². The second-order valence-corrected chi connectivity index (χ2v) is 7.02. The van der Waals surface area contributed by atoms with E-state index in [2.05, 4.69) is 54.1 Å². The lowest BCUT2D eigenvalue weighted by Gasteiger charge is -2.19. The highest BCUT2D eigenvalue weighted by Gasteiger charge is 2.11. The first-order valence-electron chi connectivity index (χ1n) is 6.74. The van der Waals surface area contributed by atoms with E-state index in [1.807, 2.05) is 18.5 Å². The van der Waals surface area contributed by atoms with E-state index in [0.717, 1.165) is 18.2 Å². The third-order valence-corrected chi connectivity index (χ3v) is 3.91. The molecule has 20 heavy (non-hydrogen) atoms. The lowest BCUT2D eigenvalue weighted by molar-refractivity contribution is 0.426. The molecule has 0 saturated carbocycles. The average molecular weight is 290 g/mol. The molecule has 0 amide bonds. The van der Waals surface area contributed by atoms with Crippen molar-refractivity contribution in [2.45, 2.75) is 39.4 Å². The van der Waals surface area contributed by atoms with Crippen LogP contribution in [0.4, 0.5) is 5.13 Å². The Labute approximate surface area is 124 Å². The molecule has 0 radical (unpaired) electrons. The molecule has 2 rings (SSSR count). The largest absolute Gasteiger partial charge is 0.347 e. The third kappa shape index (κ3) is 4.58. The minimum atomic E-state index is 0.131. The third-order valence-electron chi connectivity index (χ3n) is 2.80. The van der Waals surface area contributed by atoms with E-state index in [4.69, 9.17) is 0 Å². The quantitative estimate of drug-likeness (QED) is 0.919. The first kappa shape index (κ1) is 14.9. The Balaban J connectivity index is 1.94. The van der Waals surface area contributed by atoms with Gasteiger partial charge in [-0.3, -0.25) is 4.98 Å². The number of hydrogen-bond acceptors (Lipinski definition) is 5. The van der Waals surface area contributed by atoms with Crippen LogP contribution in [0.5, 0.6) is 0 Å². The van der Waals surface area contributed by atoms with Gasteiger partial charge in [-0.05, 0) is 32.4 Å². The zero-order valence-electron chi connectivity index (χ0n) is 12.6. The van der Waals surface area contributed by atoms with Gasteiger partial charge in [0.2, 0.25) is 0 Å². The monoisotopic (exact) mass is 290 g/mol. The molecule has 4 nitrogen and oxygen atoms in total. The predicted molar refractivity (Wildman–Crippen MR) is 85.1 cm³/mol. The fourth-order valence-corrected chi connectivity index (χ4v) is 2.55. The molecule has 0 unspecified atom stereocenters. The Morgan fingerprint density at radius 2 is 2.10 bits per heavy atom. The Hall–Kier alpha value is -1.46. The van der Waals surface area contributed by atoms with Crippen LogP contribution in [-0.2, 0) is 13.1 Å². The first-order valence-corrected chi connectivity index (χ1v) is 7.55. The first-order chi connectivity index (χ1) is 9.44. The van der Waals surface area contributed by atoms with Crippen LogP contribution < -0.4 is 10.2 Å². The number of nitrogens with one attached hydrogen (secondary N) is 1. The Morgan fingerprint density at radius 1 is 1.30 bits per heavy atom. The van der Waals surface area contributed by atoms with Crippen LogP contribution in [0.15, 0.2) is 30.7 Å². The molecule has 0 atom stereocenters. The SMILES string of the molecule is CN(Cc1cccnc1)c1ncc(CNC(C)(C)C)s1. The Bertz CT molecular complexity index is 530. The average Bonchev–Trinajstić information content (AvgIpc) is 2.86. The molecular weight excluding hydrogens is 268 g/mol. The van der Waals surface area contributed by atoms with E-state index in [0.29, 0.717) is 0 Å². The van der Waals surface area contributed by atoms with Crippen molar-refractivity contribution in [3.05, 3.63) is 41.2 Å². The highest BCUT2D eigenvalue weighted by Crippen LogP contribution is 2.23. The van der Waals surface area contributed by atoms with Gasteiger partial charge < -0.3 is 10.2 Å². The van der Waals surface area contributed by atoms with Gasteiger partial charge in [-0.25, -0.2) is 4.98 Å². The van der Waals surface area contributed by atoms with Gasteiger partial charge in [-0.2, -0.15) is 0 Å². The zero-order chi connectivity index (χ0) is 14.6. The van der Waals surface area contributed by atoms with Crippen LogP contribution in [0.2, 0.25) is 0 Å². The van der Waals surface area contributed by atoms with Gasteiger partial charge in [0.15, 0.2) is 5.13 Å². The van der Waals surface area contributed by atoms with Crippen LogP contribution in [0.1, 0.15) is 31.2 Å². The second kappa shape index (κ2) is 6.33. The molecule has 108 valence electrons. The van der Waals surface area contributed by atoms with Crippen molar-refractivity contribution in [1.82, 2.24) is 15.3 Å². The van der Waals surface area contributed by atoms with Crippen molar-refractivity contribution in [2.24, 2.45) is 0 Å². The van der Waals surface area contributed by atoms with Gasteiger partial charge >= 0.3 is 0 Å². The van der Waals surface area contributed by atoms with Crippen molar-refractivity contribution in [1.29, 1.82) is 0 Å². The molecule has 2 aromatic heterocycles. The van der Waals surface area contributed by atoms with E-state index in [1.54, 1.807) is 17.5 Å². The molecule has 0 aliphatic rings. The molecule has 1 N–H and O–H groups in total. The van der Waals surface area contributed by atoms with E-state index >= 15 is 0 Å². The molecule has 2 aromatic rings. The summed E-state index contributed by atoms with van der Waals surface area (Å²) in [6, 6.07) is 4.04. The molecule has 5 heteroatoms. The van der Waals surface area contributed by atoms with Gasteiger partial charge in [0.05, 0.1) is 0 Å². The summed E-state index contributed by atoms with van der Waals surface area (Å²) in [7, 11) is 2.06. The number of anilines is 1. The molecule has 0 aromatic carbocycles. The van der Waals surface area contributed by atoms with Crippen molar-refractivity contribution in [3.8, 4) is 0 Å². The molecule has 0 aliphatic carbocycles. The summed E-state index contributed by atoms with van der Waals surface area (Å²) in [5.41, 5.74) is 1.32. The maximum Gasteiger partial charge on any atom is 0.185 e. The zero-order valence-corrected chi connectivity index (χ0v) is 13.4. The van der Waals surface area contributed by atoms with Gasteiger partial charge in [-0.15, -0.1) is 11.3 Å². The van der Waals surface area contributed by atoms with Crippen LogP contribution in [0.3, 0.4) is 0 Å². The van der Waals surface area contributed by atoms with Crippen LogP contribution in [0, 0.1) is 0 Å². The normalized spacial score (nSPS) is 11.6. The van der Waals surface area contributed by atoms with Crippen LogP contribution in [-0.4, -0.2) is 22.6 Å². The maximum atomic E-state index is 4.50. The van der Waals surface area contributed by atoms with Gasteiger partial charge in [0.25, 0.3) is 0 Å². The minimum Gasteiger partial charge on any atom is -0.347 e. The number of pyridine rings is 1. The van der Waals surface area contributed by atoms with E-state index in [9.17, 15) is 0 Å². The molecule has 0 aliphatic heterocycles. The van der Waals surface area contributed by atoms with Crippen molar-refractivity contribution in [2.75, 3.05) is 11.9 Å². The van der Waals surface area contributed by atoms with Gasteiger partial charge in [0.1, 0.15) is 0 Å². The molecule has 2 heterocycles. The lowest BCUT2D eigenvalue weighted by atomic mass is 10.1. The van der Waals surface area contributed by atoms with Crippen LogP contribution in [0.25, 0.3) is 0 Å². The number of thiazole rings is 1. The summed E-state index contributed by atoms with van der Waals surface area (Å²) < 4.78 is 0. The second-order valence-electron chi connectivity index (χ2n) is 5.93. The maximum absolute atomic E-state index is 4.50. The van der Waals surface area contributed by atoms with Crippen LogP contribution >= 0.6 is 11.3 Å². The minimum absolute atomic E-state index is 0.131. The van der Waals surface area contributed by atoms with Crippen molar-refractivity contribution < 1.29 is 0 Å². The summed E-state index contributed by atoms with van der Waals surface area (Å²) in [4.78, 5) is 12.0. The number of rotatable bonds is 5.